The van der Waals surface area contributed by atoms with E-state index in [1.54, 1.807) is 0 Å². The normalized spacial score (nSPS) is 10.9. The van der Waals surface area contributed by atoms with Gasteiger partial charge in [-0.3, -0.25) is 9.20 Å². The number of hydrogen-bond acceptors (Lipinski definition) is 4. The van der Waals surface area contributed by atoms with Gasteiger partial charge in [0.25, 0.3) is 5.91 Å². The molecular weight excluding hydrogens is 376 g/mol. The van der Waals surface area contributed by atoms with Crippen molar-refractivity contribution in [1.29, 1.82) is 0 Å². The summed E-state index contributed by atoms with van der Waals surface area (Å²) in [5, 5.41) is 3.60. The maximum absolute atomic E-state index is 11.3. The van der Waals surface area contributed by atoms with E-state index in [9.17, 15) is 4.79 Å². The van der Waals surface area contributed by atoms with Gasteiger partial charge in [-0.1, -0.05) is 36.4 Å². The summed E-state index contributed by atoms with van der Waals surface area (Å²) in [4.78, 5) is 16.2. The van der Waals surface area contributed by atoms with Crippen LogP contribution in [-0.2, 0) is 4.79 Å². The Kier molecular flexibility index (Phi) is 5.14. The molecule has 0 unspecified atom stereocenters. The number of nitrogens with one attached hydrogen (secondary N) is 1. The molecule has 3 N–H and O–H groups in total. The van der Waals surface area contributed by atoms with Crippen LogP contribution in [0.5, 0.6) is 5.75 Å². The van der Waals surface area contributed by atoms with E-state index in [0.717, 1.165) is 45.1 Å². The van der Waals surface area contributed by atoms with Crippen LogP contribution in [0.15, 0.2) is 60.8 Å². The summed E-state index contributed by atoms with van der Waals surface area (Å²) < 4.78 is 7.72. The topological polar surface area (TPSA) is 81.6 Å². The molecule has 0 radical (unpaired) electrons. The van der Waals surface area contributed by atoms with Crippen molar-refractivity contribution in [2.75, 3.05) is 11.9 Å². The van der Waals surface area contributed by atoms with Gasteiger partial charge in [0, 0.05) is 17.4 Å². The highest BCUT2D eigenvalue weighted by Crippen LogP contribution is 2.38. The first kappa shape index (κ1) is 19.5. The number of pyridine rings is 1. The predicted octanol–water partition coefficient (Wildman–Crippen LogP) is 4.53. The maximum atomic E-state index is 11.3. The molecule has 1 amide bonds. The van der Waals surface area contributed by atoms with Crippen molar-refractivity contribution in [2.45, 2.75) is 20.8 Å². The number of aryl methyl sites for hydroxylation is 3. The van der Waals surface area contributed by atoms with Gasteiger partial charge in [0.1, 0.15) is 22.9 Å². The molecule has 0 saturated heterocycles. The number of carbonyl (C=O) groups excluding carboxylic acids is 1. The number of nitrogens with two attached hydrogens (primary N) is 1. The van der Waals surface area contributed by atoms with Gasteiger partial charge < -0.3 is 15.8 Å². The van der Waals surface area contributed by atoms with Crippen LogP contribution in [0.2, 0.25) is 0 Å². The van der Waals surface area contributed by atoms with E-state index in [4.69, 9.17) is 15.5 Å². The number of aromatic nitrogens is 2. The number of anilines is 2. The van der Waals surface area contributed by atoms with Crippen molar-refractivity contribution in [1.82, 2.24) is 9.38 Å². The molecule has 2 heterocycles. The number of ether oxygens (including phenoxy) is 1. The fraction of sp³-hybridized carbons (Fsp3) is 0.167. The number of fused-ring (bicyclic) bond motifs is 1. The molecule has 6 nitrogen and oxygen atoms in total. The Bertz CT molecular complexity index is 1220. The summed E-state index contributed by atoms with van der Waals surface area (Å²) in [6, 6.07) is 17.8. The molecule has 0 saturated carbocycles. The van der Waals surface area contributed by atoms with Crippen LogP contribution >= 0.6 is 0 Å². The number of rotatable bonds is 6. The fourth-order valence-electron chi connectivity index (χ4n) is 3.58. The molecule has 0 atom stereocenters. The maximum Gasteiger partial charge on any atom is 0.255 e. The molecule has 0 fully saturated rings. The lowest BCUT2D eigenvalue weighted by atomic mass is 10.1. The van der Waals surface area contributed by atoms with Crippen LogP contribution < -0.4 is 15.8 Å². The summed E-state index contributed by atoms with van der Waals surface area (Å²) in [6.45, 7) is 5.99. The molecule has 4 aromatic rings. The van der Waals surface area contributed by atoms with Crippen molar-refractivity contribution in [2.24, 2.45) is 5.73 Å². The van der Waals surface area contributed by atoms with E-state index >= 15 is 0 Å². The molecule has 0 aliphatic heterocycles. The Morgan fingerprint density at radius 1 is 1.00 bits per heavy atom. The highest BCUT2D eigenvalue weighted by molar-refractivity contribution is 5.84. The zero-order valence-corrected chi connectivity index (χ0v) is 17.3. The minimum absolute atomic E-state index is 0.191. The number of para-hydroxylation sites is 2. The monoisotopic (exact) mass is 400 g/mol. The second kappa shape index (κ2) is 7.91. The lowest BCUT2D eigenvalue weighted by Crippen LogP contribution is -2.20. The first-order valence-electron chi connectivity index (χ1n) is 9.77. The van der Waals surface area contributed by atoms with Crippen molar-refractivity contribution in [3.8, 4) is 17.0 Å². The molecule has 152 valence electrons. The van der Waals surface area contributed by atoms with Gasteiger partial charge in [-0.2, -0.15) is 0 Å². The van der Waals surface area contributed by atoms with Gasteiger partial charge in [0.2, 0.25) is 0 Å². The number of primary amides is 1. The molecule has 0 aliphatic carbocycles. The van der Waals surface area contributed by atoms with E-state index < -0.39 is 5.91 Å². The molecule has 6 heteroatoms. The van der Waals surface area contributed by atoms with Crippen LogP contribution in [0, 0.1) is 20.8 Å². The summed E-state index contributed by atoms with van der Waals surface area (Å²) in [5.41, 5.74) is 12.0. The Hall–Kier alpha value is -3.80. The van der Waals surface area contributed by atoms with E-state index in [-0.39, 0.29) is 6.61 Å². The molecule has 2 aromatic carbocycles. The van der Waals surface area contributed by atoms with Crippen molar-refractivity contribution >= 4 is 23.1 Å². The number of amides is 1. The second-order valence-electron chi connectivity index (χ2n) is 7.34. The smallest absolute Gasteiger partial charge is 0.255 e. The average Bonchev–Trinajstić information content (AvgIpc) is 3.09. The minimum Gasteiger partial charge on any atom is -0.483 e. The molecule has 2 aromatic heterocycles. The summed E-state index contributed by atoms with van der Waals surface area (Å²) in [5.74, 6) is 0.868. The van der Waals surface area contributed by atoms with E-state index in [2.05, 4.69) is 31.3 Å². The van der Waals surface area contributed by atoms with Gasteiger partial charge in [-0.15, -0.1) is 0 Å². The van der Waals surface area contributed by atoms with Crippen LogP contribution in [0.1, 0.15) is 16.7 Å². The Morgan fingerprint density at radius 2 is 1.70 bits per heavy atom. The standard InChI is InChI=1S/C24H24N4O2/c1-15-8-6-9-16(2)21(15)26-24-22(27-23-17(3)10-7-13-28(23)24)18-11-4-5-12-19(18)30-14-20(25)29/h4-13,26H,14H2,1-3H3,(H2,25,29). The van der Waals surface area contributed by atoms with E-state index in [1.165, 1.54) is 0 Å². The number of benzene rings is 2. The first-order valence-corrected chi connectivity index (χ1v) is 9.77. The Labute approximate surface area is 175 Å². The van der Waals surface area contributed by atoms with Gasteiger partial charge in [-0.25, -0.2) is 4.98 Å². The molecule has 30 heavy (non-hydrogen) atoms. The van der Waals surface area contributed by atoms with Crippen LogP contribution in [-0.4, -0.2) is 21.9 Å². The van der Waals surface area contributed by atoms with Gasteiger partial charge >= 0.3 is 0 Å². The van der Waals surface area contributed by atoms with Gasteiger partial charge in [0.15, 0.2) is 6.61 Å². The van der Waals surface area contributed by atoms with E-state index in [0.29, 0.717) is 5.75 Å². The van der Waals surface area contributed by atoms with Crippen LogP contribution in [0.3, 0.4) is 0 Å². The molecule has 0 bridgehead atoms. The first-order chi connectivity index (χ1) is 14.5. The Balaban J connectivity index is 1.92. The number of imidazole rings is 1. The quantitative estimate of drug-likeness (QED) is 0.498. The van der Waals surface area contributed by atoms with Gasteiger partial charge in [0.05, 0.1) is 0 Å². The zero-order valence-electron chi connectivity index (χ0n) is 17.3. The number of nitrogens with zero attached hydrogens (tertiary/aromatic N) is 2. The Morgan fingerprint density at radius 3 is 2.43 bits per heavy atom. The molecular formula is C24H24N4O2. The highest BCUT2D eigenvalue weighted by Gasteiger charge is 2.20. The lowest BCUT2D eigenvalue weighted by Gasteiger charge is -2.15. The third-order valence-corrected chi connectivity index (χ3v) is 5.08. The summed E-state index contributed by atoms with van der Waals surface area (Å²) in [6.07, 6.45) is 1.99. The molecule has 4 rings (SSSR count). The van der Waals surface area contributed by atoms with Crippen molar-refractivity contribution in [3.63, 3.8) is 0 Å². The third kappa shape index (κ3) is 3.59. The summed E-state index contributed by atoms with van der Waals surface area (Å²) >= 11 is 0. The second-order valence-corrected chi connectivity index (χ2v) is 7.34. The fourth-order valence-corrected chi connectivity index (χ4v) is 3.58. The predicted molar refractivity (Wildman–Crippen MR) is 119 cm³/mol. The van der Waals surface area contributed by atoms with Crippen LogP contribution in [0.25, 0.3) is 16.9 Å². The molecule has 0 aliphatic rings. The third-order valence-electron chi connectivity index (χ3n) is 5.08. The van der Waals surface area contributed by atoms with Crippen LogP contribution in [0.4, 0.5) is 11.5 Å². The zero-order chi connectivity index (χ0) is 21.3. The van der Waals surface area contributed by atoms with Crippen molar-refractivity contribution in [3.05, 3.63) is 77.5 Å². The van der Waals surface area contributed by atoms with Crippen molar-refractivity contribution < 1.29 is 9.53 Å². The number of hydrogen-bond donors (Lipinski definition) is 2. The SMILES string of the molecule is Cc1cccc(C)c1Nc1c(-c2ccccc2OCC(N)=O)nc2c(C)cccn12. The highest BCUT2D eigenvalue weighted by atomic mass is 16.5. The minimum atomic E-state index is -0.524. The van der Waals surface area contributed by atoms with E-state index in [1.807, 2.05) is 60.0 Å². The number of carbonyl (C=O) groups is 1. The molecule has 0 spiro atoms. The lowest BCUT2D eigenvalue weighted by molar-refractivity contribution is -0.119. The largest absolute Gasteiger partial charge is 0.483 e. The summed E-state index contributed by atoms with van der Waals surface area (Å²) in [7, 11) is 0. The average molecular weight is 400 g/mol. The van der Waals surface area contributed by atoms with Gasteiger partial charge in [-0.05, 0) is 55.7 Å².